The third-order valence-corrected chi connectivity index (χ3v) is 2.81. The number of ether oxygens (including phenoxy) is 1. The Morgan fingerprint density at radius 1 is 1.47 bits per heavy atom. The second kappa shape index (κ2) is 6.38. The molecule has 1 aromatic rings. The van der Waals surface area contributed by atoms with Gasteiger partial charge < -0.3 is 15.8 Å². The van der Waals surface area contributed by atoms with Crippen molar-refractivity contribution in [3.05, 3.63) is 23.0 Å². The first-order chi connectivity index (χ1) is 8.86. The van der Waals surface area contributed by atoms with Crippen LogP contribution in [0.3, 0.4) is 0 Å². The average Bonchev–Trinajstić information content (AvgIpc) is 2.37. The number of nitrogen functional groups attached to an aromatic ring is 1. The minimum absolute atomic E-state index is 0.0269. The number of carbonyl (C=O) groups is 2. The third kappa shape index (κ3) is 3.82. The lowest BCUT2D eigenvalue weighted by molar-refractivity contribution is -0.144. The monoisotopic (exact) mass is 285 g/mol. The number of nitrogens with two attached hydrogens (primary N) is 1. The normalized spacial score (nSPS) is 12.1. The summed E-state index contributed by atoms with van der Waals surface area (Å²) in [7, 11) is 1.26. The highest BCUT2D eigenvalue weighted by molar-refractivity contribution is 6.32. The van der Waals surface area contributed by atoms with Crippen molar-refractivity contribution in [1.82, 2.24) is 10.3 Å². The molecule has 0 radical (unpaired) electrons. The summed E-state index contributed by atoms with van der Waals surface area (Å²) >= 11 is 5.82. The molecule has 1 rings (SSSR count). The molecule has 3 N–H and O–H groups in total. The van der Waals surface area contributed by atoms with Gasteiger partial charge in [-0.3, -0.25) is 4.79 Å². The molecular formula is C12H16ClN3O3. The number of rotatable bonds is 4. The Labute approximate surface area is 116 Å². The fourth-order valence-corrected chi connectivity index (χ4v) is 1.66. The molecule has 0 spiro atoms. The highest BCUT2D eigenvalue weighted by Crippen LogP contribution is 2.16. The van der Waals surface area contributed by atoms with Crippen LogP contribution in [0.25, 0.3) is 0 Å². The molecule has 0 saturated carbocycles. The highest BCUT2D eigenvalue weighted by atomic mass is 35.5. The largest absolute Gasteiger partial charge is 0.467 e. The number of anilines is 1. The van der Waals surface area contributed by atoms with Gasteiger partial charge in [0.1, 0.15) is 11.2 Å². The van der Waals surface area contributed by atoms with Crippen LogP contribution in [-0.4, -0.2) is 30.0 Å². The first-order valence-electron chi connectivity index (χ1n) is 5.66. The van der Waals surface area contributed by atoms with Crippen molar-refractivity contribution in [2.45, 2.75) is 19.9 Å². The molecule has 1 unspecified atom stereocenters. The molecule has 0 aromatic carbocycles. The summed E-state index contributed by atoms with van der Waals surface area (Å²) in [5.41, 5.74) is 5.98. The zero-order chi connectivity index (χ0) is 14.6. The molecule has 1 amide bonds. The minimum atomic E-state index is -0.755. The number of pyridine rings is 1. The summed E-state index contributed by atoms with van der Waals surface area (Å²) in [5, 5.41) is 2.58. The average molecular weight is 286 g/mol. The summed E-state index contributed by atoms with van der Waals surface area (Å²) in [5.74, 6) is -1.16. The van der Waals surface area contributed by atoms with Crippen LogP contribution in [0.4, 0.5) is 5.69 Å². The van der Waals surface area contributed by atoms with E-state index in [1.807, 2.05) is 0 Å². The fourth-order valence-electron chi connectivity index (χ4n) is 1.47. The van der Waals surface area contributed by atoms with Crippen molar-refractivity contribution in [3.63, 3.8) is 0 Å². The van der Waals surface area contributed by atoms with E-state index in [1.165, 1.54) is 19.4 Å². The zero-order valence-corrected chi connectivity index (χ0v) is 11.7. The Bertz CT molecular complexity index is 491. The molecule has 0 aliphatic rings. The van der Waals surface area contributed by atoms with Gasteiger partial charge in [0.2, 0.25) is 0 Å². The summed E-state index contributed by atoms with van der Waals surface area (Å²) < 4.78 is 4.64. The van der Waals surface area contributed by atoms with Gasteiger partial charge in [0, 0.05) is 0 Å². The number of hydrogen-bond acceptors (Lipinski definition) is 5. The molecule has 0 saturated heterocycles. The summed E-state index contributed by atoms with van der Waals surface area (Å²) in [6.45, 7) is 3.59. The molecule has 0 fully saturated rings. The summed E-state index contributed by atoms with van der Waals surface area (Å²) in [6, 6.07) is 0.647. The van der Waals surface area contributed by atoms with Gasteiger partial charge in [0.05, 0.1) is 24.6 Å². The minimum Gasteiger partial charge on any atom is -0.467 e. The second-order valence-corrected chi connectivity index (χ2v) is 4.68. The van der Waals surface area contributed by atoms with Crippen LogP contribution in [0, 0.1) is 5.92 Å². The Hall–Kier alpha value is -1.82. The molecule has 1 aromatic heterocycles. The molecule has 0 aliphatic heterocycles. The van der Waals surface area contributed by atoms with Crippen LogP contribution in [0.2, 0.25) is 5.15 Å². The van der Waals surface area contributed by atoms with E-state index in [1.54, 1.807) is 13.8 Å². The topological polar surface area (TPSA) is 94.3 Å². The second-order valence-electron chi connectivity index (χ2n) is 4.33. The van der Waals surface area contributed by atoms with Crippen molar-refractivity contribution in [2.75, 3.05) is 12.8 Å². The van der Waals surface area contributed by atoms with Gasteiger partial charge in [-0.2, -0.15) is 0 Å². The van der Waals surface area contributed by atoms with Crippen LogP contribution in [0.15, 0.2) is 12.3 Å². The van der Waals surface area contributed by atoms with Gasteiger partial charge in [0.15, 0.2) is 0 Å². The van der Waals surface area contributed by atoms with Crippen molar-refractivity contribution >= 4 is 29.2 Å². The van der Waals surface area contributed by atoms with Gasteiger partial charge in [-0.1, -0.05) is 25.4 Å². The van der Waals surface area contributed by atoms with E-state index in [4.69, 9.17) is 17.3 Å². The molecule has 104 valence electrons. The van der Waals surface area contributed by atoms with E-state index in [-0.39, 0.29) is 16.6 Å². The van der Waals surface area contributed by atoms with Crippen molar-refractivity contribution in [2.24, 2.45) is 5.92 Å². The van der Waals surface area contributed by atoms with Gasteiger partial charge in [-0.25, -0.2) is 9.78 Å². The first kappa shape index (κ1) is 15.2. The first-order valence-corrected chi connectivity index (χ1v) is 6.04. The zero-order valence-electron chi connectivity index (χ0n) is 10.9. The number of hydrogen-bond donors (Lipinski definition) is 2. The number of carbonyl (C=O) groups excluding carboxylic acids is 2. The summed E-state index contributed by atoms with van der Waals surface area (Å²) in [4.78, 5) is 27.4. The predicted molar refractivity (Wildman–Crippen MR) is 71.8 cm³/mol. The standard InChI is InChI=1S/C12H16ClN3O3/c1-6(2)9(12(18)19-3)16-11(17)8-4-7(14)5-15-10(8)13/h4-6,9H,14H2,1-3H3,(H,16,17). The lowest BCUT2D eigenvalue weighted by Gasteiger charge is -2.20. The fraction of sp³-hybridized carbons (Fsp3) is 0.417. The van der Waals surface area contributed by atoms with E-state index in [0.717, 1.165) is 0 Å². The Kier molecular flexibility index (Phi) is 5.11. The van der Waals surface area contributed by atoms with Crippen molar-refractivity contribution in [3.8, 4) is 0 Å². The maximum atomic E-state index is 12.1. The van der Waals surface area contributed by atoms with E-state index < -0.39 is 17.9 Å². The Morgan fingerprint density at radius 2 is 2.11 bits per heavy atom. The molecule has 0 bridgehead atoms. The van der Waals surface area contributed by atoms with Gasteiger partial charge >= 0.3 is 5.97 Å². The maximum Gasteiger partial charge on any atom is 0.328 e. The van der Waals surface area contributed by atoms with Gasteiger partial charge in [-0.15, -0.1) is 0 Å². The lowest BCUT2D eigenvalue weighted by Crippen LogP contribution is -2.45. The molecule has 1 heterocycles. The molecule has 7 heteroatoms. The molecular weight excluding hydrogens is 270 g/mol. The van der Waals surface area contributed by atoms with E-state index >= 15 is 0 Å². The SMILES string of the molecule is COC(=O)C(NC(=O)c1cc(N)cnc1Cl)C(C)C. The predicted octanol–water partition coefficient (Wildman–Crippen LogP) is 1.24. The molecule has 6 nitrogen and oxygen atoms in total. The quantitative estimate of drug-likeness (QED) is 0.641. The number of nitrogens with one attached hydrogen (secondary N) is 1. The van der Waals surface area contributed by atoms with Gasteiger partial charge in [0.25, 0.3) is 5.91 Å². The number of nitrogens with zero attached hydrogens (tertiary/aromatic N) is 1. The smallest absolute Gasteiger partial charge is 0.328 e. The number of methoxy groups -OCH3 is 1. The van der Waals surface area contributed by atoms with Crippen LogP contribution in [0.5, 0.6) is 0 Å². The van der Waals surface area contributed by atoms with E-state index in [9.17, 15) is 9.59 Å². The molecule has 0 aliphatic carbocycles. The van der Waals surface area contributed by atoms with E-state index in [2.05, 4.69) is 15.0 Å². The third-order valence-electron chi connectivity index (χ3n) is 2.51. The molecule has 19 heavy (non-hydrogen) atoms. The number of esters is 1. The van der Waals surface area contributed by atoms with Crippen molar-refractivity contribution in [1.29, 1.82) is 0 Å². The Morgan fingerprint density at radius 3 is 2.63 bits per heavy atom. The van der Waals surface area contributed by atoms with Crippen LogP contribution < -0.4 is 11.1 Å². The number of halogens is 1. The van der Waals surface area contributed by atoms with Crippen LogP contribution in [-0.2, 0) is 9.53 Å². The summed E-state index contributed by atoms with van der Waals surface area (Å²) in [6.07, 6.45) is 1.35. The van der Waals surface area contributed by atoms with Gasteiger partial charge in [-0.05, 0) is 12.0 Å². The Balaban J connectivity index is 2.94. The lowest BCUT2D eigenvalue weighted by atomic mass is 10.0. The van der Waals surface area contributed by atoms with Crippen LogP contribution in [0.1, 0.15) is 24.2 Å². The van der Waals surface area contributed by atoms with E-state index in [0.29, 0.717) is 5.69 Å². The maximum absolute atomic E-state index is 12.1. The van der Waals surface area contributed by atoms with Crippen molar-refractivity contribution < 1.29 is 14.3 Å². The number of amides is 1. The van der Waals surface area contributed by atoms with Crippen LogP contribution >= 0.6 is 11.6 Å². The highest BCUT2D eigenvalue weighted by Gasteiger charge is 2.26. The molecule has 1 atom stereocenters. The number of aromatic nitrogens is 1.